The summed E-state index contributed by atoms with van der Waals surface area (Å²) in [7, 11) is 0. The average molecular weight is 417 g/mol. The molecule has 1 fully saturated rings. The van der Waals surface area contributed by atoms with Crippen molar-refractivity contribution in [2.75, 3.05) is 0 Å². The molecule has 2 aromatic heterocycles. The Morgan fingerprint density at radius 2 is 2.04 bits per heavy atom. The third kappa shape index (κ3) is 4.10. The van der Waals surface area contributed by atoms with Gasteiger partial charge in [-0.1, -0.05) is 22.7 Å². The lowest BCUT2D eigenvalue weighted by Crippen LogP contribution is -2.44. The van der Waals surface area contributed by atoms with Crippen LogP contribution in [0, 0.1) is 5.82 Å². The van der Waals surface area contributed by atoms with Gasteiger partial charge in [-0.05, 0) is 53.5 Å². The molecule has 1 N–H and O–H groups in total. The topological polar surface area (TPSA) is 75.2 Å². The molecule has 1 aliphatic rings. The number of carbonyl (C=O) groups excluding carboxylic acids is 2. The highest BCUT2D eigenvalue weighted by atomic mass is 32.1. The number of aromatic nitrogens is 2. The smallest absolute Gasteiger partial charge is 0.276 e. The molecule has 0 aliphatic heterocycles. The van der Waals surface area contributed by atoms with Crippen molar-refractivity contribution < 1.29 is 14.0 Å². The molecular weight excluding hydrogens is 399 g/mol. The maximum absolute atomic E-state index is 13.1. The molecule has 9 heteroatoms. The summed E-state index contributed by atoms with van der Waals surface area (Å²) in [4.78, 5) is 28.6. The van der Waals surface area contributed by atoms with E-state index >= 15 is 0 Å². The molecular formula is C19H17FN4O2S2. The van der Waals surface area contributed by atoms with Crippen LogP contribution in [0.25, 0.3) is 0 Å². The molecule has 3 aromatic rings. The van der Waals surface area contributed by atoms with Gasteiger partial charge in [0, 0.05) is 22.8 Å². The van der Waals surface area contributed by atoms with Crippen LogP contribution in [0.2, 0.25) is 0 Å². The number of hydrogen-bond donors (Lipinski definition) is 1. The number of rotatable bonds is 7. The lowest BCUT2D eigenvalue weighted by Gasteiger charge is -2.30. The Hall–Kier alpha value is -2.65. The summed E-state index contributed by atoms with van der Waals surface area (Å²) >= 11 is 2.54. The minimum atomic E-state index is -0.734. The Balaban J connectivity index is 1.58. The SMILES string of the molecule is O=C(NCc1ccc(F)cc1)[C@H](c1cccs1)N(C(=O)c1csnn1)C1CC1. The fraction of sp³-hybridized carbons (Fsp3) is 0.263. The summed E-state index contributed by atoms with van der Waals surface area (Å²) in [6.45, 7) is 0.256. The van der Waals surface area contributed by atoms with Crippen molar-refractivity contribution in [3.63, 3.8) is 0 Å². The highest BCUT2D eigenvalue weighted by Crippen LogP contribution is 2.37. The normalized spacial score (nSPS) is 14.5. The lowest BCUT2D eigenvalue weighted by atomic mass is 10.1. The van der Waals surface area contributed by atoms with Gasteiger partial charge in [0.25, 0.3) is 5.91 Å². The van der Waals surface area contributed by atoms with Crippen molar-refractivity contribution >= 4 is 34.7 Å². The van der Waals surface area contributed by atoms with E-state index in [0.29, 0.717) is 0 Å². The summed E-state index contributed by atoms with van der Waals surface area (Å²) in [5.74, 6) is -0.879. The molecule has 1 saturated carbocycles. The standard InChI is InChI=1S/C19H17FN4O2S2/c20-13-5-3-12(4-6-13)10-21-18(25)17(16-2-1-9-27-16)24(14-7-8-14)19(26)15-11-28-23-22-15/h1-6,9,11,14,17H,7-8,10H2,(H,21,25)/t17-/m0/s1. The molecule has 4 rings (SSSR count). The van der Waals surface area contributed by atoms with Crippen LogP contribution in [0.1, 0.15) is 39.8 Å². The Bertz CT molecular complexity index is 941. The number of nitrogens with one attached hydrogen (secondary N) is 1. The lowest BCUT2D eigenvalue weighted by molar-refractivity contribution is -0.126. The first-order valence-corrected chi connectivity index (χ1v) is 10.5. The van der Waals surface area contributed by atoms with Gasteiger partial charge < -0.3 is 10.2 Å². The van der Waals surface area contributed by atoms with Crippen LogP contribution in [-0.2, 0) is 11.3 Å². The van der Waals surface area contributed by atoms with Gasteiger partial charge in [-0.2, -0.15) is 0 Å². The van der Waals surface area contributed by atoms with Crippen LogP contribution in [-0.4, -0.2) is 32.3 Å². The van der Waals surface area contributed by atoms with Gasteiger partial charge in [0.2, 0.25) is 5.91 Å². The number of benzene rings is 1. The Labute approximate surface area is 169 Å². The summed E-state index contributed by atoms with van der Waals surface area (Å²) in [5, 5.41) is 10.3. The summed E-state index contributed by atoms with van der Waals surface area (Å²) in [6.07, 6.45) is 1.72. The first kappa shape index (κ1) is 18.7. The molecule has 2 heterocycles. The number of nitrogens with zero attached hydrogens (tertiary/aromatic N) is 3. The molecule has 0 unspecified atom stereocenters. The van der Waals surface area contributed by atoms with Crippen LogP contribution in [0.3, 0.4) is 0 Å². The van der Waals surface area contributed by atoms with Crippen LogP contribution in [0.15, 0.2) is 47.2 Å². The van der Waals surface area contributed by atoms with Gasteiger partial charge in [-0.25, -0.2) is 4.39 Å². The van der Waals surface area contributed by atoms with Crippen LogP contribution < -0.4 is 5.32 Å². The third-order valence-electron chi connectivity index (χ3n) is 4.47. The van der Waals surface area contributed by atoms with Crippen molar-refractivity contribution in [1.82, 2.24) is 19.8 Å². The van der Waals surface area contributed by atoms with Crippen molar-refractivity contribution in [2.45, 2.75) is 31.5 Å². The van der Waals surface area contributed by atoms with Gasteiger partial charge in [0.05, 0.1) is 0 Å². The van der Waals surface area contributed by atoms with Crippen molar-refractivity contribution in [1.29, 1.82) is 0 Å². The fourth-order valence-corrected chi connectivity index (χ4v) is 4.22. The van der Waals surface area contributed by atoms with E-state index < -0.39 is 6.04 Å². The van der Waals surface area contributed by atoms with Crippen LogP contribution >= 0.6 is 22.9 Å². The van der Waals surface area contributed by atoms with E-state index in [4.69, 9.17) is 0 Å². The molecule has 28 heavy (non-hydrogen) atoms. The second-order valence-corrected chi connectivity index (χ2v) is 8.09. The van der Waals surface area contributed by atoms with E-state index in [1.807, 2.05) is 17.5 Å². The zero-order valence-corrected chi connectivity index (χ0v) is 16.4. The van der Waals surface area contributed by atoms with Crippen molar-refractivity contribution in [3.8, 4) is 0 Å². The first-order valence-electron chi connectivity index (χ1n) is 8.79. The fourth-order valence-electron chi connectivity index (χ4n) is 2.96. The number of carbonyl (C=O) groups is 2. The van der Waals surface area contributed by atoms with Gasteiger partial charge >= 0.3 is 0 Å². The van der Waals surface area contributed by atoms with E-state index in [0.717, 1.165) is 34.8 Å². The molecule has 0 spiro atoms. The van der Waals surface area contributed by atoms with Crippen molar-refractivity contribution in [2.24, 2.45) is 0 Å². The summed E-state index contributed by atoms with van der Waals surface area (Å²) in [6, 6.07) is 8.96. The van der Waals surface area contributed by atoms with Crippen LogP contribution in [0.4, 0.5) is 4.39 Å². The molecule has 0 radical (unpaired) electrons. The van der Waals surface area contributed by atoms with Crippen molar-refractivity contribution in [3.05, 3.63) is 69.1 Å². The van der Waals surface area contributed by atoms with Crippen LogP contribution in [0.5, 0.6) is 0 Å². The largest absolute Gasteiger partial charge is 0.350 e. The number of hydrogen-bond acceptors (Lipinski definition) is 6. The maximum atomic E-state index is 13.1. The molecule has 2 amide bonds. The Morgan fingerprint density at radius 3 is 2.64 bits per heavy atom. The minimum Gasteiger partial charge on any atom is -0.350 e. The summed E-state index contributed by atoms with van der Waals surface area (Å²) < 4.78 is 16.9. The third-order valence-corrected chi connectivity index (χ3v) is 5.90. The van der Waals surface area contributed by atoms with E-state index in [2.05, 4.69) is 14.9 Å². The first-order chi connectivity index (χ1) is 13.6. The molecule has 0 saturated heterocycles. The zero-order valence-electron chi connectivity index (χ0n) is 14.7. The average Bonchev–Trinajstić information content (AvgIpc) is 3.16. The van der Waals surface area contributed by atoms with Gasteiger partial charge in [0.1, 0.15) is 11.9 Å². The highest BCUT2D eigenvalue weighted by Gasteiger charge is 2.42. The van der Waals surface area contributed by atoms with Gasteiger partial charge in [-0.15, -0.1) is 16.4 Å². The number of halogens is 1. The van der Waals surface area contributed by atoms with Gasteiger partial charge in [-0.3, -0.25) is 9.59 Å². The zero-order chi connectivity index (χ0) is 19.5. The predicted octanol–water partition coefficient (Wildman–Crippen LogP) is 3.40. The Morgan fingerprint density at radius 1 is 1.25 bits per heavy atom. The van der Waals surface area contributed by atoms with Gasteiger partial charge in [0.15, 0.2) is 5.69 Å². The molecule has 6 nitrogen and oxygen atoms in total. The maximum Gasteiger partial charge on any atom is 0.276 e. The Kier molecular flexibility index (Phi) is 5.45. The highest BCUT2D eigenvalue weighted by molar-refractivity contribution is 7.10. The predicted molar refractivity (Wildman–Crippen MR) is 104 cm³/mol. The monoisotopic (exact) mass is 416 g/mol. The second kappa shape index (κ2) is 8.15. The minimum absolute atomic E-state index is 0.0119. The molecule has 1 aliphatic carbocycles. The molecule has 1 atom stereocenters. The molecule has 1 aromatic carbocycles. The van der Waals surface area contributed by atoms with E-state index in [9.17, 15) is 14.0 Å². The quantitative estimate of drug-likeness (QED) is 0.641. The summed E-state index contributed by atoms with van der Waals surface area (Å²) in [5.41, 5.74) is 1.04. The molecule has 144 valence electrons. The van der Waals surface area contributed by atoms with E-state index in [1.165, 1.54) is 23.5 Å². The number of amides is 2. The second-order valence-electron chi connectivity index (χ2n) is 6.50. The van der Waals surface area contributed by atoms with E-state index in [1.54, 1.807) is 22.4 Å². The molecule has 0 bridgehead atoms. The number of thiophene rings is 1. The van der Waals surface area contributed by atoms with E-state index in [-0.39, 0.29) is 35.9 Å².